The third-order valence-corrected chi connectivity index (χ3v) is 4.84. The van der Waals surface area contributed by atoms with Crippen molar-refractivity contribution in [1.29, 1.82) is 5.26 Å². The van der Waals surface area contributed by atoms with E-state index in [2.05, 4.69) is 21.4 Å². The van der Waals surface area contributed by atoms with Crippen molar-refractivity contribution in [3.05, 3.63) is 50.9 Å². The molecular formula is C17H14N4O3S. The Morgan fingerprint density at radius 1 is 1.36 bits per heavy atom. The number of nitrogens with one attached hydrogen (secondary N) is 2. The zero-order chi connectivity index (χ0) is 17.6. The Balaban J connectivity index is 1.94. The van der Waals surface area contributed by atoms with E-state index in [1.54, 1.807) is 6.07 Å². The average molecular weight is 354 g/mol. The molecule has 2 aliphatic heterocycles. The molecule has 4 rings (SSSR count). The predicted octanol–water partition coefficient (Wildman–Crippen LogP) is 2.58. The average Bonchev–Trinajstić information content (AvgIpc) is 3.07. The topological polar surface area (TPSA) is 100 Å². The normalized spacial score (nSPS) is 17.7. The van der Waals surface area contributed by atoms with Gasteiger partial charge >= 0.3 is 0 Å². The Labute approximate surface area is 147 Å². The van der Waals surface area contributed by atoms with Crippen LogP contribution in [0.25, 0.3) is 0 Å². The van der Waals surface area contributed by atoms with Crippen molar-refractivity contribution < 1.29 is 9.47 Å². The number of hydrogen-bond acceptors (Lipinski definition) is 7. The van der Waals surface area contributed by atoms with Crippen LogP contribution in [0.4, 0.5) is 5.82 Å². The van der Waals surface area contributed by atoms with Crippen molar-refractivity contribution in [3.63, 3.8) is 0 Å². The molecule has 1 unspecified atom stereocenters. The second kappa shape index (κ2) is 5.86. The standard InChI is InChI=1S/C17H14N4O3S/c1-8-10(6-18)13(9-3-4-11-12(5-9)24-7-23-11)14-15(19-8)20-17(25-2)21-16(14)22/h3-5,13H,7H2,1-2H3,(H2,19,20,21,22). The minimum absolute atomic E-state index is 0.167. The number of ether oxygens (including phenoxy) is 2. The summed E-state index contributed by atoms with van der Waals surface area (Å²) in [5, 5.41) is 13.3. The summed E-state index contributed by atoms with van der Waals surface area (Å²) < 4.78 is 10.8. The second-order valence-electron chi connectivity index (χ2n) is 5.66. The summed E-state index contributed by atoms with van der Waals surface area (Å²) in [6.45, 7) is 1.98. The van der Waals surface area contributed by atoms with Crippen molar-refractivity contribution >= 4 is 17.6 Å². The van der Waals surface area contributed by atoms with Crippen LogP contribution in [0.2, 0.25) is 0 Å². The van der Waals surface area contributed by atoms with Gasteiger partial charge in [0.1, 0.15) is 5.82 Å². The Bertz CT molecular complexity index is 1010. The Morgan fingerprint density at radius 3 is 2.92 bits per heavy atom. The third-order valence-electron chi connectivity index (χ3n) is 4.26. The van der Waals surface area contributed by atoms with E-state index in [4.69, 9.17) is 9.47 Å². The molecule has 0 radical (unpaired) electrons. The fraction of sp³-hybridized carbons (Fsp3) is 0.235. The minimum Gasteiger partial charge on any atom is -0.454 e. The largest absolute Gasteiger partial charge is 0.454 e. The van der Waals surface area contributed by atoms with Gasteiger partial charge in [-0.3, -0.25) is 4.79 Å². The van der Waals surface area contributed by atoms with Gasteiger partial charge in [0.2, 0.25) is 6.79 Å². The molecule has 0 bridgehead atoms. The zero-order valence-electron chi connectivity index (χ0n) is 13.5. The van der Waals surface area contributed by atoms with Gasteiger partial charge in [-0.2, -0.15) is 5.26 Å². The van der Waals surface area contributed by atoms with E-state index in [9.17, 15) is 10.1 Å². The molecule has 0 aliphatic carbocycles. The molecule has 0 amide bonds. The van der Waals surface area contributed by atoms with Gasteiger partial charge in [-0.05, 0) is 30.9 Å². The van der Waals surface area contributed by atoms with Gasteiger partial charge in [0.05, 0.1) is 23.1 Å². The van der Waals surface area contributed by atoms with Crippen LogP contribution < -0.4 is 20.3 Å². The number of allylic oxidation sites excluding steroid dienone is 2. The van der Waals surface area contributed by atoms with Gasteiger partial charge in [-0.25, -0.2) is 4.98 Å². The lowest BCUT2D eigenvalue weighted by molar-refractivity contribution is 0.174. The molecule has 7 nitrogen and oxygen atoms in total. The van der Waals surface area contributed by atoms with Crippen LogP contribution in [0, 0.1) is 11.3 Å². The van der Waals surface area contributed by atoms with Gasteiger partial charge in [0, 0.05) is 5.70 Å². The first-order chi connectivity index (χ1) is 12.1. The van der Waals surface area contributed by atoms with E-state index in [1.807, 2.05) is 25.3 Å². The summed E-state index contributed by atoms with van der Waals surface area (Å²) in [4.78, 5) is 19.9. The van der Waals surface area contributed by atoms with Crippen molar-refractivity contribution in [2.45, 2.75) is 18.0 Å². The monoisotopic (exact) mass is 354 g/mol. The van der Waals surface area contributed by atoms with Gasteiger partial charge < -0.3 is 19.8 Å². The van der Waals surface area contributed by atoms with E-state index >= 15 is 0 Å². The smallest absolute Gasteiger partial charge is 0.257 e. The Hall–Kier alpha value is -2.92. The maximum absolute atomic E-state index is 12.7. The van der Waals surface area contributed by atoms with E-state index in [1.165, 1.54) is 11.8 Å². The summed E-state index contributed by atoms with van der Waals surface area (Å²) in [7, 11) is 0. The van der Waals surface area contributed by atoms with Crippen molar-refractivity contribution in [1.82, 2.24) is 9.97 Å². The number of nitrogens with zero attached hydrogens (tertiary/aromatic N) is 2. The SMILES string of the molecule is CSc1nc2c(c(=O)[nH]1)C(c1ccc3c(c1)OCO3)C(C#N)=C(C)N2. The minimum atomic E-state index is -0.511. The van der Waals surface area contributed by atoms with Crippen LogP contribution in [0.3, 0.4) is 0 Å². The van der Waals surface area contributed by atoms with Crippen molar-refractivity contribution in [3.8, 4) is 17.6 Å². The maximum atomic E-state index is 12.7. The molecule has 1 atom stereocenters. The van der Waals surface area contributed by atoms with Gasteiger partial charge in [-0.15, -0.1) is 0 Å². The molecule has 1 aromatic heterocycles. The molecule has 0 saturated heterocycles. The van der Waals surface area contributed by atoms with Crippen LogP contribution in [0.15, 0.2) is 39.4 Å². The molecule has 3 heterocycles. The number of rotatable bonds is 2. The van der Waals surface area contributed by atoms with Crippen LogP contribution in [-0.4, -0.2) is 23.0 Å². The fourth-order valence-electron chi connectivity index (χ4n) is 3.10. The molecule has 0 saturated carbocycles. The summed E-state index contributed by atoms with van der Waals surface area (Å²) >= 11 is 1.35. The molecule has 25 heavy (non-hydrogen) atoms. The Morgan fingerprint density at radius 2 is 2.16 bits per heavy atom. The summed E-state index contributed by atoms with van der Waals surface area (Å²) in [5.41, 5.74) is 2.12. The van der Waals surface area contributed by atoms with Crippen LogP contribution in [-0.2, 0) is 0 Å². The number of thioether (sulfide) groups is 1. The van der Waals surface area contributed by atoms with E-state index < -0.39 is 5.92 Å². The van der Waals surface area contributed by atoms with Crippen LogP contribution in [0.1, 0.15) is 24.0 Å². The molecule has 2 aliphatic rings. The van der Waals surface area contributed by atoms with Crippen molar-refractivity contribution in [2.75, 3.05) is 18.4 Å². The number of anilines is 1. The highest BCUT2D eigenvalue weighted by Crippen LogP contribution is 2.42. The number of benzene rings is 1. The molecular weight excluding hydrogens is 340 g/mol. The lowest BCUT2D eigenvalue weighted by Gasteiger charge is -2.26. The fourth-order valence-corrected chi connectivity index (χ4v) is 3.48. The highest BCUT2D eigenvalue weighted by Gasteiger charge is 2.33. The second-order valence-corrected chi connectivity index (χ2v) is 6.45. The number of aromatic nitrogens is 2. The van der Waals surface area contributed by atoms with Crippen LogP contribution >= 0.6 is 11.8 Å². The van der Waals surface area contributed by atoms with Crippen LogP contribution in [0.5, 0.6) is 11.5 Å². The predicted molar refractivity (Wildman–Crippen MR) is 93.0 cm³/mol. The molecule has 1 aromatic carbocycles. The number of hydrogen-bond donors (Lipinski definition) is 2. The van der Waals surface area contributed by atoms with E-state index in [-0.39, 0.29) is 12.4 Å². The number of H-pyrrole nitrogens is 1. The summed E-state index contributed by atoms with van der Waals surface area (Å²) in [5.74, 6) is 1.23. The van der Waals surface area contributed by atoms with E-state index in [0.717, 1.165) is 5.56 Å². The highest BCUT2D eigenvalue weighted by atomic mass is 32.2. The summed E-state index contributed by atoms with van der Waals surface area (Å²) in [6, 6.07) is 7.68. The molecule has 0 spiro atoms. The first kappa shape index (κ1) is 15.6. The first-order valence-electron chi connectivity index (χ1n) is 7.58. The quantitative estimate of drug-likeness (QED) is 0.631. The molecule has 2 aromatic rings. The van der Waals surface area contributed by atoms with Crippen molar-refractivity contribution in [2.24, 2.45) is 0 Å². The summed E-state index contributed by atoms with van der Waals surface area (Å²) in [6.07, 6.45) is 1.84. The molecule has 2 N–H and O–H groups in total. The number of nitriles is 1. The third kappa shape index (κ3) is 2.44. The van der Waals surface area contributed by atoms with Gasteiger partial charge in [0.25, 0.3) is 5.56 Å². The van der Waals surface area contributed by atoms with E-state index in [0.29, 0.717) is 39.3 Å². The zero-order valence-corrected chi connectivity index (χ0v) is 14.4. The lowest BCUT2D eigenvalue weighted by atomic mass is 9.83. The molecule has 8 heteroatoms. The van der Waals surface area contributed by atoms with Gasteiger partial charge in [0.15, 0.2) is 16.7 Å². The van der Waals surface area contributed by atoms with Gasteiger partial charge in [-0.1, -0.05) is 17.8 Å². The maximum Gasteiger partial charge on any atom is 0.257 e. The lowest BCUT2D eigenvalue weighted by Crippen LogP contribution is -2.27. The Kier molecular flexibility index (Phi) is 3.66. The number of aromatic amines is 1. The molecule has 0 fully saturated rings. The number of fused-ring (bicyclic) bond motifs is 2. The highest BCUT2D eigenvalue weighted by molar-refractivity contribution is 7.98. The first-order valence-corrected chi connectivity index (χ1v) is 8.80. The molecule has 126 valence electrons.